The predicted molar refractivity (Wildman–Crippen MR) is 86.8 cm³/mol. The lowest BCUT2D eigenvalue weighted by atomic mass is 9.89. The lowest BCUT2D eigenvalue weighted by molar-refractivity contribution is 0.0932. The Morgan fingerprint density at radius 1 is 1.10 bits per heavy atom. The summed E-state index contributed by atoms with van der Waals surface area (Å²) < 4.78 is 0. The van der Waals surface area contributed by atoms with Gasteiger partial charge in [0.05, 0.1) is 0 Å². The first-order valence-corrected chi connectivity index (χ1v) is 8.08. The van der Waals surface area contributed by atoms with Crippen molar-refractivity contribution in [3.05, 3.63) is 35.9 Å². The normalized spacial score (nSPS) is 25.9. The smallest absolute Gasteiger partial charge is 0.0472 e. The van der Waals surface area contributed by atoms with E-state index in [0.717, 1.165) is 18.4 Å². The second kappa shape index (κ2) is 7.24. The zero-order valence-corrected chi connectivity index (χ0v) is 13.5. The molecule has 112 valence electrons. The zero-order valence-electron chi connectivity index (χ0n) is 13.5. The number of likely N-dealkylation sites (tertiary alicyclic amines) is 1. The van der Waals surface area contributed by atoms with Crippen LogP contribution in [0.25, 0.3) is 0 Å². The molecule has 3 unspecified atom stereocenters. The van der Waals surface area contributed by atoms with Gasteiger partial charge in [0.1, 0.15) is 0 Å². The van der Waals surface area contributed by atoms with E-state index < -0.39 is 0 Å². The third kappa shape index (κ3) is 4.32. The first-order valence-electron chi connectivity index (χ1n) is 8.08. The highest BCUT2D eigenvalue weighted by molar-refractivity contribution is 5.19. The molecule has 0 spiro atoms. The number of hydrogen-bond acceptors (Lipinski definition) is 2. The zero-order chi connectivity index (χ0) is 14.5. The maximum Gasteiger partial charge on any atom is 0.0472 e. The molecule has 0 radical (unpaired) electrons. The monoisotopic (exact) mass is 274 g/mol. The number of rotatable bonds is 5. The molecule has 1 N–H and O–H groups in total. The van der Waals surface area contributed by atoms with Crippen molar-refractivity contribution in [3.63, 3.8) is 0 Å². The van der Waals surface area contributed by atoms with Gasteiger partial charge in [0.15, 0.2) is 0 Å². The largest absolute Gasteiger partial charge is 0.313 e. The number of nitrogens with zero attached hydrogens (tertiary/aromatic N) is 1. The topological polar surface area (TPSA) is 15.3 Å². The van der Waals surface area contributed by atoms with Crippen molar-refractivity contribution >= 4 is 0 Å². The lowest BCUT2D eigenvalue weighted by Crippen LogP contribution is -2.45. The molecule has 1 aromatic carbocycles. The maximum absolute atomic E-state index is 3.63. The first kappa shape index (κ1) is 15.5. The predicted octanol–water partition coefficient (Wildman–Crippen LogP) is 3.70. The van der Waals surface area contributed by atoms with Crippen molar-refractivity contribution < 1.29 is 0 Å². The Hall–Kier alpha value is -0.860. The Bertz CT molecular complexity index is 378. The average Bonchev–Trinajstić information content (AvgIpc) is 2.38. The summed E-state index contributed by atoms with van der Waals surface area (Å²) in [4.78, 5) is 2.68. The molecule has 1 heterocycles. The van der Waals surface area contributed by atoms with Crippen LogP contribution in [-0.2, 0) is 0 Å². The van der Waals surface area contributed by atoms with E-state index in [1.807, 2.05) is 0 Å². The van der Waals surface area contributed by atoms with Crippen LogP contribution in [0.15, 0.2) is 30.3 Å². The highest BCUT2D eigenvalue weighted by Crippen LogP contribution is 2.29. The minimum atomic E-state index is 0.504. The fourth-order valence-electron chi connectivity index (χ4n) is 3.45. The molecule has 2 heteroatoms. The van der Waals surface area contributed by atoms with Crippen LogP contribution in [0.3, 0.4) is 0 Å². The molecule has 1 saturated heterocycles. The van der Waals surface area contributed by atoms with Crippen molar-refractivity contribution in [3.8, 4) is 0 Å². The van der Waals surface area contributed by atoms with Crippen molar-refractivity contribution in [2.75, 3.05) is 19.6 Å². The van der Waals surface area contributed by atoms with E-state index in [-0.39, 0.29) is 0 Å². The van der Waals surface area contributed by atoms with Crippen LogP contribution in [-0.4, -0.2) is 30.6 Å². The molecule has 3 atom stereocenters. The third-order valence-electron chi connectivity index (χ3n) is 4.24. The number of piperidine rings is 1. The fraction of sp³-hybridized carbons (Fsp3) is 0.667. The summed E-state index contributed by atoms with van der Waals surface area (Å²) in [6.07, 6.45) is 1.37. The van der Waals surface area contributed by atoms with Crippen molar-refractivity contribution in [1.82, 2.24) is 10.2 Å². The van der Waals surface area contributed by atoms with E-state index in [9.17, 15) is 0 Å². The summed E-state index contributed by atoms with van der Waals surface area (Å²) in [7, 11) is 0. The molecule has 1 aliphatic heterocycles. The van der Waals surface area contributed by atoms with Crippen molar-refractivity contribution in [1.29, 1.82) is 0 Å². The van der Waals surface area contributed by atoms with Gasteiger partial charge in [-0.05, 0) is 23.8 Å². The molecule has 0 amide bonds. The molecule has 0 bridgehead atoms. The van der Waals surface area contributed by atoms with Gasteiger partial charge in [-0.25, -0.2) is 0 Å². The highest BCUT2D eigenvalue weighted by Gasteiger charge is 2.28. The van der Waals surface area contributed by atoms with E-state index >= 15 is 0 Å². The summed E-state index contributed by atoms with van der Waals surface area (Å²) in [6, 6.07) is 12.0. The van der Waals surface area contributed by atoms with Gasteiger partial charge in [-0.2, -0.15) is 0 Å². The van der Waals surface area contributed by atoms with Gasteiger partial charge in [0.25, 0.3) is 0 Å². The quantitative estimate of drug-likeness (QED) is 0.880. The Morgan fingerprint density at radius 3 is 2.25 bits per heavy atom. The average molecular weight is 274 g/mol. The second-order valence-corrected chi connectivity index (χ2v) is 6.89. The van der Waals surface area contributed by atoms with E-state index in [1.165, 1.54) is 25.1 Å². The van der Waals surface area contributed by atoms with Crippen LogP contribution in [0.1, 0.15) is 45.7 Å². The lowest BCUT2D eigenvalue weighted by Gasteiger charge is -2.40. The number of benzene rings is 1. The Balaban J connectivity index is 2.13. The minimum absolute atomic E-state index is 0.504. The van der Waals surface area contributed by atoms with Gasteiger partial charge in [0, 0.05) is 31.7 Å². The van der Waals surface area contributed by atoms with Gasteiger partial charge < -0.3 is 5.32 Å². The van der Waals surface area contributed by atoms with Crippen LogP contribution < -0.4 is 5.32 Å². The van der Waals surface area contributed by atoms with Gasteiger partial charge >= 0.3 is 0 Å². The maximum atomic E-state index is 3.63. The Labute approximate surface area is 124 Å². The summed E-state index contributed by atoms with van der Waals surface area (Å²) in [5.41, 5.74) is 1.45. The van der Waals surface area contributed by atoms with E-state index in [1.54, 1.807) is 0 Å². The van der Waals surface area contributed by atoms with Crippen LogP contribution in [0.4, 0.5) is 0 Å². The van der Waals surface area contributed by atoms with Crippen LogP contribution >= 0.6 is 0 Å². The number of hydrogen-bond donors (Lipinski definition) is 1. The van der Waals surface area contributed by atoms with Crippen LogP contribution in [0, 0.1) is 11.8 Å². The summed E-state index contributed by atoms with van der Waals surface area (Å²) in [5, 5.41) is 3.63. The summed E-state index contributed by atoms with van der Waals surface area (Å²) >= 11 is 0. The van der Waals surface area contributed by atoms with E-state index in [2.05, 4.69) is 68.2 Å². The molecular weight excluding hydrogens is 244 g/mol. The van der Waals surface area contributed by atoms with Crippen molar-refractivity contribution in [2.45, 2.75) is 46.2 Å². The SMILES string of the molecule is CC1CC(C)CN(C(CNC(C)C)c2ccccc2)C1. The highest BCUT2D eigenvalue weighted by atomic mass is 15.2. The molecule has 20 heavy (non-hydrogen) atoms. The first-order chi connectivity index (χ1) is 9.56. The van der Waals surface area contributed by atoms with Gasteiger partial charge in [-0.3, -0.25) is 4.90 Å². The molecule has 1 aliphatic rings. The fourth-order valence-corrected chi connectivity index (χ4v) is 3.45. The number of nitrogens with one attached hydrogen (secondary N) is 1. The summed E-state index contributed by atoms with van der Waals surface area (Å²) in [5.74, 6) is 1.62. The van der Waals surface area contributed by atoms with Gasteiger partial charge in [0.2, 0.25) is 0 Å². The Kier molecular flexibility index (Phi) is 5.62. The van der Waals surface area contributed by atoms with Crippen LogP contribution in [0.5, 0.6) is 0 Å². The van der Waals surface area contributed by atoms with Crippen LogP contribution in [0.2, 0.25) is 0 Å². The van der Waals surface area contributed by atoms with E-state index in [0.29, 0.717) is 12.1 Å². The van der Waals surface area contributed by atoms with Gasteiger partial charge in [-0.1, -0.05) is 58.0 Å². The van der Waals surface area contributed by atoms with E-state index in [4.69, 9.17) is 0 Å². The molecule has 2 rings (SSSR count). The summed E-state index contributed by atoms with van der Waals surface area (Å²) in [6.45, 7) is 12.7. The third-order valence-corrected chi connectivity index (χ3v) is 4.24. The minimum Gasteiger partial charge on any atom is -0.313 e. The molecule has 0 saturated carbocycles. The standard InChI is InChI=1S/C18H30N2/c1-14(2)19-11-18(17-8-6-5-7-9-17)20-12-15(3)10-16(4)13-20/h5-9,14-16,18-19H,10-13H2,1-4H3. The molecule has 0 aromatic heterocycles. The Morgan fingerprint density at radius 2 is 1.70 bits per heavy atom. The van der Waals surface area contributed by atoms with Gasteiger partial charge in [-0.15, -0.1) is 0 Å². The van der Waals surface area contributed by atoms with Crippen molar-refractivity contribution in [2.24, 2.45) is 11.8 Å². The molecular formula is C18H30N2. The molecule has 1 aromatic rings. The second-order valence-electron chi connectivity index (χ2n) is 6.89. The molecule has 0 aliphatic carbocycles. The molecule has 2 nitrogen and oxygen atoms in total. The molecule has 1 fully saturated rings.